The quantitative estimate of drug-likeness (QED) is 0.481. The minimum Gasteiger partial charge on any atom is -0.352 e. The Labute approximate surface area is 199 Å². The summed E-state index contributed by atoms with van der Waals surface area (Å²) in [7, 11) is 0. The van der Waals surface area contributed by atoms with Gasteiger partial charge in [0.25, 0.3) is 5.91 Å². The lowest BCUT2D eigenvalue weighted by Crippen LogP contribution is -2.39. The van der Waals surface area contributed by atoms with E-state index in [1.54, 1.807) is 11.8 Å². The summed E-state index contributed by atoms with van der Waals surface area (Å²) in [5, 5.41) is 6.39. The number of nitrogens with one attached hydrogen (secondary N) is 2. The van der Waals surface area contributed by atoms with Crippen LogP contribution in [0, 0.1) is 0 Å². The molecule has 1 aliphatic carbocycles. The SMILES string of the molecule is CSCCC(NC(=O)c1ccccc1)c1nc2ccccc2n1CC(=O)NC1CCCCC1. The third kappa shape index (κ3) is 5.96. The van der Waals surface area contributed by atoms with Gasteiger partial charge in [-0.2, -0.15) is 11.8 Å². The molecular weight excluding hydrogens is 432 g/mol. The summed E-state index contributed by atoms with van der Waals surface area (Å²) >= 11 is 1.73. The number of para-hydroxylation sites is 2. The number of nitrogens with zero attached hydrogens (tertiary/aromatic N) is 2. The largest absolute Gasteiger partial charge is 0.352 e. The standard InChI is InChI=1S/C26H32N4O2S/c1-33-17-16-22(29-26(32)19-10-4-2-5-11-19)25-28-21-14-8-9-15-23(21)30(25)18-24(31)27-20-12-6-3-7-13-20/h2,4-5,8-11,14-15,20,22H,3,6-7,12-13,16-18H2,1H3,(H,27,31)(H,29,32). The number of benzene rings is 2. The minimum absolute atomic E-state index is 0.00399. The Bertz CT molecular complexity index is 1080. The molecule has 2 N–H and O–H groups in total. The monoisotopic (exact) mass is 464 g/mol. The molecule has 2 amide bonds. The zero-order chi connectivity index (χ0) is 23.0. The van der Waals surface area contributed by atoms with Gasteiger partial charge in [-0.25, -0.2) is 4.98 Å². The van der Waals surface area contributed by atoms with Crippen LogP contribution in [0.4, 0.5) is 0 Å². The highest BCUT2D eigenvalue weighted by Crippen LogP contribution is 2.25. The number of amides is 2. The molecular formula is C26H32N4O2S. The normalized spacial score (nSPS) is 15.3. The maximum atomic E-state index is 13.0. The molecule has 1 atom stereocenters. The van der Waals surface area contributed by atoms with Crippen molar-refractivity contribution in [3.05, 3.63) is 66.0 Å². The third-order valence-electron chi connectivity index (χ3n) is 6.22. The molecule has 1 fully saturated rings. The zero-order valence-corrected chi connectivity index (χ0v) is 19.9. The number of aromatic nitrogens is 2. The second kappa shape index (κ2) is 11.4. The molecule has 0 saturated heterocycles. The van der Waals surface area contributed by atoms with E-state index in [2.05, 4.69) is 16.9 Å². The molecule has 7 heteroatoms. The molecule has 0 spiro atoms. The Morgan fingerprint density at radius 1 is 1.06 bits per heavy atom. The number of hydrogen-bond acceptors (Lipinski definition) is 4. The Kier molecular flexibility index (Phi) is 8.05. The van der Waals surface area contributed by atoms with Gasteiger partial charge in [0, 0.05) is 11.6 Å². The second-order valence-electron chi connectivity index (χ2n) is 8.62. The number of imidazole rings is 1. The Balaban J connectivity index is 1.61. The van der Waals surface area contributed by atoms with E-state index < -0.39 is 0 Å². The highest BCUT2D eigenvalue weighted by atomic mass is 32.2. The summed E-state index contributed by atoms with van der Waals surface area (Å²) in [6.07, 6.45) is 8.48. The third-order valence-corrected chi connectivity index (χ3v) is 6.86. The van der Waals surface area contributed by atoms with Gasteiger partial charge in [0.15, 0.2) is 0 Å². The van der Waals surface area contributed by atoms with Crippen LogP contribution in [0.25, 0.3) is 11.0 Å². The predicted molar refractivity (Wildman–Crippen MR) is 134 cm³/mol. The van der Waals surface area contributed by atoms with Crippen molar-refractivity contribution >= 4 is 34.6 Å². The lowest BCUT2D eigenvalue weighted by molar-refractivity contribution is -0.122. The average molecular weight is 465 g/mol. The van der Waals surface area contributed by atoms with Gasteiger partial charge in [-0.15, -0.1) is 0 Å². The molecule has 1 heterocycles. The van der Waals surface area contributed by atoms with Crippen LogP contribution in [0.2, 0.25) is 0 Å². The highest BCUT2D eigenvalue weighted by Gasteiger charge is 2.24. The van der Waals surface area contributed by atoms with Gasteiger partial charge in [0.2, 0.25) is 5.91 Å². The second-order valence-corrected chi connectivity index (χ2v) is 9.61. The van der Waals surface area contributed by atoms with Crippen molar-refractivity contribution in [2.45, 2.75) is 57.2 Å². The fourth-order valence-corrected chi connectivity index (χ4v) is 4.99. The van der Waals surface area contributed by atoms with E-state index in [9.17, 15) is 9.59 Å². The number of fused-ring (bicyclic) bond motifs is 1. The highest BCUT2D eigenvalue weighted by molar-refractivity contribution is 7.98. The molecule has 174 valence electrons. The van der Waals surface area contributed by atoms with Crippen molar-refractivity contribution in [3.8, 4) is 0 Å². The minimum atomic E-state index is -0.292. The van der Waals surface area contributed by atoms with Gasteiger partial charge in [-0.1, -0.05) is 49.6 Å². The molecule has 6 nitrogen and oxygen atoms in total. The molecule has 1 saturated carbocycles. The van der Waals surface area contributed by atoms with E-state index in [4.69, 9.17) is 4.98 Å². The topological polar surface area (TPSA) is 76.0 Å². The van der Waals surface area contributed by atoms with Crippen LogP contribution >= 0.6 is 11.8 Å². The van der Waals surface area contributed by atoms with Gasteiger partial charge in [-0.3, -0.25) is 9.59 Å². The molecule has 0 aliphatic heterocycles. The van der Waals surface area contributed by atoms with Crippen molar-refractivity contribution in [1.29, 1.82) is 0 Å². The van der Waals surface area contributed by atoms with Crippen LogP contribution in [-0.4, -0.2) is 39.4 Å². The number of hydrogen-bond donors (Lipinski definition) is 2. The molecule has 0 bridgehead atoms. The fraction of sp³-hybridized carbons (Fsp3) is 0.423. The lowest BCUT2D eigenvalue weighted by atomic mass is 9.95. The Hall–Kier alpha value is -2.80. The van der Waals surface area contributed by atoms with E-state index in [1.807, 2.05) is 59.2 Å². The number of rotatable bonds is 9. The van der Waals surface area contributed by atoms with Crippen molar-refractivity contribution in [1.82, 2.24) is 20.2 Å². The van der Waals surface area contributed by atoms with Crippen molar-refractivity contribution in [2.24, 2.45) is 0 Å². The van der Waals surface area contributed by atoms with Gasteiger partial charge in [-0.05, 0) is 55.5 Å². The van der Waals surface area contributed by atoms with E-state index in [1.165, 1.54) is 19.3 Å². The molecule has 0 radical (unpaired) electrons. The summed E-state index contributed by atoms with van der Waals surface area (Å²) in [5.74, 6) is 1.47. The zero-order valence-electron chi connectivity index (χ0n) is 19.1. The summed E-state index contributed by atoms with van der Waals surface area (Å²) in [6, 6.07) is 17.1. The number of carbonyl (C=O) groups excluding carboxylic acids is 2. The summed E-state index contributed by atoms with van der Waals surface area (Å²) in [5.41, 5.74) is 2.36. The first-order valence-electron chi connectivity index (χ1n) is 11.7. The lowest BCUT2D eigenvalue weighted by Gasteiger charge is -2.24. The maximum Gasteiger partial charge on any atom is 0.251 e. The fourth-order valence-electron chi connectivity index (χ4n) is 4.52. The summed E-state index contributed by atoms with van der Waals surface area (Å²) in [4.78, 5) is 30.8. The number of thioether (sulfide) groups is 1. The van der Waals surface area contributed by atoms with Crippen LogP contribution in [-0.2, 0) is 11.3 Å². The smallest absolute Gasteiger partial charge is 0.251 e. The Morgan fingerprint density at radius 2 is 1.79 bits per heavy atom. The number of carbonyl (C=O) groups is 2. The molecule has 33 heavy (non-hydrogen) atoms. The predicted octanol–water partition coefficient (Wildman–Crippen LogP) is 4.71. The van der Waals surface area contributed by atoms with Crippen molar-refractivity contribution in [3.63, 3.8) is 0 Å². The first-order chi connectivity index (χ1) is 16.2. The molecule has 2 aromatic carbocycles. The van der Waals surface area contributed by atoms with Gasteiger partial charge in [0.05, 0.1) is 17.1 Å². The van der Waals surface area contributed by atoms with E-state index >= 15 is 0 Å². The van der Waals surface area contributed by atoms with Crippen LogP contribution < -0.4 is 10.6 Å². The average Bonchev–Trinajstić information content (AvgIpc) is 3.21. The molecule has 1 aromatic heterocycles. The molecule has 1 unspecified atom stereocenters. The van der Waals surface area contributed by atoms with Crippen LogP contribution in [0.5, 0.6) is 0 Å². The van der Waals surface area contributed by atoms with E-state index in [-0.39, 0.29) is 30.4 Å². The van der Waals surface area contributed by atoms with Crippen LogP contribution in [0.3, 0.4) is 0 Å². The first kappa shape index (κ1) is 23.4. The Morgan fingerprint density at radius 3 is 2.55 bits per heavy atom. The van der Waals surface area contributed by atoms with Gasteiger partial charge in [0.1, 0.15) is 12.4 Å². The van der Waals surface area contributed by atoms with E-state index in [0.29, 0.717) is 5.56 Å². The maximum absolute atomic E-state index is 13.0. The van der Waals surface area contributed by atoms with Crippen molar-refractivity contribution in [2.75, 3.05) is 12.0 Å². The summed E-state index contributed by atoms with van der Waals surface area (Å²) in [6.45, 7) is 0.198. The summed E-state index contributed by atoms with van der Waals surface area (Å²) < 4.78 is 1.98. The molecule has 3 aromatic rings. The van der Waals surface area contributed by atoms with Gasteiger partial charge < -0.3 is 15.2 Å². The van der Waals surface area contributed by atoms with Crippen molar-refractivity contribution < 1.29 is 9.59 Å². The molecule has 4 rings (SSSR count). The molecule has 1 aliphatic rings. The van der Waals surface area contributed by atoms with Crippen LogP contribution in [0.15, 0.2) is 54.6 Å². The first-order valence-corrected chi connectivity index (χ1v) is 13.1. The van der Waals surface area contributed by atoms with Crippen LogP contribution in [0.1, 0.15) is 60.7 Å². The van der Waals surface area contributed by atoms with E-state index in [0.717, 1.165) is 41.9 Å². The van der Waals surface area contributed by atoms with Gasteiger partial charge >= 0.3 is 0 Å².